The van der Waals surface area contributed by atoms with Crippen molar-refractivity contribution < 1.29 is 50.0 Å². The van der Waals surface area contributed by atoms with Gasteiger partial charge in [-0.2, -0.15) is 0 Å². The van der Waals surface area contributed by atoms with Crippen molar-refractivity contribution in [2.75, 3.05) is 13.2 Å². The van der Waals surface area contributed by atoms with Gasteiger partial charge in [-0.05, 0) is 38.5 Å². The van der Waals surface area contributed by atoms with Gasteiger partial charge < -0.3 is 50.5 Å². The van der Waals surface area contributed by atoms with Gasteiger partial charge in [0.05, 0.1) is 25.4 Å². The second kappa shape index (κ2) is 33.0. The molecule has 53 heavy (non-hydrogen) atoms. The number of rotatable bonds is 35. The van der Waals surface area contributed by atoms with E-state index in [1.165, 1.54) is 96.3 Å². The first-order chi connectivity index (χ1) is 25.7. The summed E-state index contributed by atoms with van der Waals surface area (Å²) in [7, 11) is 0. The molecule has 0 aromatic carbocycles. The van der Waals surface area contributed by atoms with E-state index in [9.17, 15) is 40.5 Å². The van der Waals surface area contributed by atoms with E-state index in [2.05, 4.69) is 31.3 Å². The van der Waals surface area contributed by atoms with Crippen LogP contribution in [0, 0.1) is 0 Å². The minimum absolute atomic E-state index is 0.258. The normalized spacial score (nSPS) is 22.9. The Balaban J connectivity index is 2.43. The Morgan fingerprint density at radius 2 is 1.11 bits per heavy atom. The van der Waals surface area contributed by atoms with E-state index in [0.717, 1.165) is 44.9 Å². The maximum atomic E-state index is 13.0. The monoisotopic (exact) mass is 760 g/mol. The fraction of sp³-hybridized carbons (Fsp3) is 0.929. The first kappa shape index (κ1) is 49.9. The van der Waals surface area contributed by atoms with Crippen LogP contribution in [-0.4, -0.2) is 110 Å². The highest BCUT2D eigenvalue weighted by atomic mass is 16.7. The van der Waals surface area contributed by atoms with Gasteiger partial charge in [-0.3, -0.25) is 4.79 Å². The number of unbranched alkanes of at least 4 members (excludes halogenated alkanes) is 21. The summed E-state index contributed by atoms with van der Waals surface area (Å²) in [5, 5.41) is 75.2. The lowest BCUT2D eigenvalue weighted by Crippen LogP contribution is -2.60. The van der Waals surface area contributed by atoms with Crippen molar-refractivity contribution in [3.05, 3.63) is 12.2 Å². The molecule has 1 aliphatic rings. The van der Waals surface area contributed by atoms with Crippen molar-refractivity contribution in [2.24, 2.45) is 0 Å². The van der Waals surface area contributed by atoms with E-state index in [-0.39, 0.29) is 12.8 Å². The number of allylic oxidation sites excluding steroid dienone is 2. The van der Waals surface area contributed by atoms with E-state index in [1.54, 1.807) is 0 Å². The summed E-state index contributed by atoms with van der Waals surface area (Å²) in [6.45, 7) is 3.35. The molecule has 8 N–H and O–H groups in total. The molecular weight excluding hydrogens is 678 g/mol. The Morgan fingerprint density at radius 1 is 0.642 bits per heavy atom. The zero-order valence-electron chi connectivity index (χ0n) is 33.5. The first-order valence-electron chi connectivity index (χ1n) is 21.6. The summed E-state index contributed by atoms with van der Waals surface area (Å²) in [5.74, 6) is -0.708. The number of hydrogen-bond donors (Lipinski definition) is 8. The van der Waals surface area contributed by atoms with Crippen LogP contribution < -0.4 is 5.32 Å². The van der Waals surface area contributed by atoms with Gasteiger partial charge in [0.25, 0.3) is 0 Å². The molecule has 1 amide bonds. The van der Waals surface area contributed by atoms with Crippen LogP contribution in [0.1, 0.15) is 181 Å². The van der Waals surface area contributed by atoms with Crippen molar-refractivity contribution in [3.63, 3.8) is 0 Å². The summed E-state index contributed by atoms with van der Waals surface area (Å²) < 4.78 is 11.0. The molecule has 1 heterocycles. The third kappa shape index (κ3) is 23.5. The maximum Gasteiger partial charge on any atom is 0.249 e. The zero-order chi connectivity index (χ0) is 39.1. The van der Waals surface area contributed by atoms with E-state index in [0.29, 0.717) is 12.8 Å². The lowest BCUT2D eigenvalue weighted by molar-refractivity contribution is -0.303. The smallest absolute Gasteiger partial charge is 0.249 e. The molecule has 1 aliphatic heterocycles. The summed E-state index contributed by atoms with van der Waals surface area (Å²) in [5.41, 5.74) is 0. The van der Waals surface area contributed by atoms with Crippen LogP contribution in [0.15, 0.2) is 12.2 Å². The number of carbonyl (C=O) groups excluding carboxylic acids is 1. The summed E-state index contributed by atoms with van der Waals surface area (Å²) >= 11 is 0. The number of amides is 1. The Hall–Kier alpha value is -1.15. The second-order valence-electron chi connectivity index (χ2n) is 15.4. The van der Waals surface area contributed by atoms with Crippen LogP contribution in [0.2, 0.25) is 0 Å². The van der Waals surface area contributed by atoms with Crippen LogP contribution in [0.3, 0.4) is 0 Å². The highest BCUT2D eigenvalue weighted by Gasteiger charge is 2.44. The van der Waals surface area contributed by atoms with Gasteiger partial charge in [-0.1, -0.05) is 154 Å². The van der Waals surface area contributed by atoms with E-state index in [1.807, 2.05) is 0 Å². The van der Waals surface area contributed by atoms with Gasteiger partial charge in [0.1, 0.15) is 36.6 Å². The molecule has 0 aromatic heterocycles. The molecule has 11 heteroatoms. The summed E-state index contributed by atoms with van der Waals surface area (Å²) in [6, 6.07) is -1.18. The molecule has 1 rings (SSSR count). The van der Waals surface area contributed by atoms with E-state index < -0.39 is 74.2 Å². The summed E-state index contributed by atoms with van der Waals surface area (Å²) in [4.78, 5) is 13.0. The van der Waals surface area contributed by atoms with Gasteiger partial charge in [-0.15, -0.1) is 0 Å². The average Bonchev–Trinajstić information content (AvgIpc) is 3.16. The van der Waals surface area contributed by atoms with Crippen molar-refractivity contribution in [2.45, 2.75) is 236 Å². The quantitative estimate of drug-likeness (QED) is 0.0277. The van der Waals surface area contributed by atoms with Crippen LogP contribution in [-0.2, 0) is 14.3 Å². The summed E-state index contributed by atoms with van der Waals surface area (Å²) in [6.07, 6.45) is 21.5. The third-order valence-electron chi connectivity index (χ3n) is 10.6. The van der Waals surface area contributed by atoms with Crippen LogP contribution in [0.25, 0.3) is 0 Å². The van der Waals surface area contributed by atoms with Crippen LogP contribution in [0.4, 0.5) is 0 Å². The van der Waals surface area contributed by atoms with E-state index in [4.69, 9.17) is 9.47 Å². The molecule has 1 saturated heterocycles. The van der Waals surface area contributed by atoms with Crippen molar-refractivity contribution in [1.29, 1.82) is 0 Å². The van der Waals surface area contributed by atoms with Gasteiger partial charge >= 0.3 is 0 Å². The first-order valence-corrected chi connectivity index (χ1v) is 21.6. The van der Waals surface area contributed by atoms with Crippen molar-refractivity contribution in [3.8, 4) is 0 Å². The zero-order valence-corrected chi connectivity index (χ0v) is 33.5. The van der Waals surface area contributed by atoms with Crippen LogP contribution in [0.5, 0.6) is 0 Å². The number of aliphatic hydroxyl groups is 7. The highest BCUT2D eigenvalue weighted by molar-refractivity contribution is 5.80. The molecule has 11 nitrogen and oxygen atoms in total. The minimum Gasteiger partial charge on any atom is -0.394 e. The highest BCUT2D eigenvalue weighted by Crippen LogP contribution is 2.23. The fourth-order valence-electron chi connectivity index (χ4n) is 6.91. The molecule has 0 spiro atoms. The minimum atomic E-state index is -1.66. The number of ether oxygens (including phenoxy) is 2. The lowest BCUT2D eigenvalue weighted by atomic mass is 9.98. The molecule has 0 radical (unpaired) electrons. The van der Waals surface area contributed by atoms with Crippen LogP contribution >= 0.6 is 0 Å². The van der Waals surface area contributed by atoms with E-state index >= 15 is 0 Å². The topological polar surface area (TPSA) is 189 Å². The van der Waals surface area contributed by atoms with Gasteiger partial charge in [0, 0.05) is 0 Å². The largest absolute Gasteiger partial charge is 0.394 e. The standard InChI is InChI=1S/C42H81NO10/c1-3-5-7-9-11-13-14-15-16-17-18-19-20-21-22-24-26-28-30-35(46)41(51)43-33(32-52-42-40(50)39(49)38(48)36(31-44)53-42)37(47)34(45)29-27-25-23-12-10-8-6-4-2/h12,23,33-40,42,44-50H,3-11,13-22,24-32H2,1-2H3,(H,43,51)/b23-12+. The molecule has 314 valence electrons. The Labute approximate surface area is 322 Å². The molecule has 9 atom stereocenters. The molecule has 0 saturated carbocycles. The molecule has 1 fully saturated rings. The lowest BCUT2D eigenvalue weighted by Gasteiger charge is -2.40. The van der Waals surface area contributed by atoms with Gasteiger partial charge in [-0.25, -0.2) is 0 Å². The maximum absolute atomic E-state index is 13.0. The molecule has 0 aliphatic carbocycles. The molecule has 0 aromatic rings. The second-order valence-corrected chi connectivity index (χ2v) is 15.4. The number of aliphatic hydroxyl groups excluding tert-OH is 7. The van der Waals surface area contributed by atoms with Crippen molar-refractivity contribution >= 4 is 5.91 Å². The number of carbonyl (C=O) groups is 1. The fourth-order valence-corrected chi connectivity index (χ4v) is 6.91. The Kier molecular flexibility index (Phi) is 31.1. The molecule has 0 bridgehead atoms. The average molecular weight is 760 g/mol. The molecular formula is C42H81NO10. The predicted molar refractivity (Wildman–Crippen MR) is 210 cm³/mol. The number of nitrogens with one attached hydrogen (secondary N) is 1. The van der Waals surface area contributed by atoms with Gasteiger partial charge in [0.15, 0.2) is 6.29 Å². The van der Waals surface area contributed by atoms with Crippen molar-refractivity contribution in [1.82, 2.24) is 5.32 Å². The Morgan fingerprint density at radius 3 is 1.62 bits per heavy atom. The number of hydrogen-bond acceptors (Lipinski definition) is 10. The van der Waals surface area contributed by atoms with Gasteiger partial charge in [0.2, 0.25) is 5.91 Å². The third-order valence-corrected chi connectivity index (χ3v) is 10.6. The Bertz CT molecular complexity index is 877. The SMILES string of the molecule is CCCCC/C=C/CCCC(O)C(O)C(COC1OC(CO)C(O)C(O)C1O)NC(=O)C(O)CCCCCCCCCCCCCCCCCCCC. The predicted octanol–water partition coefficient (Wildman–Crippen LogP) is 6.11. The molecule has 9 unspecified atom stereocenters.